The maximum absolute atomic E-state index is 12.6. The first kappa shape index (κ1) is 15.2. The molecule has 0 fully saturated rings. The minimum atomic E-state index is -0.154. The Morgan fingerprint density at radius 3 is 3.05 bits per heavy atom. The molecule has 2 aromatic rings. The summed E-state index contributed by atoms with van der Waals surface area (Å²) in [6, 6.07) is 4.36. The van der Waals surface area contributed by atoms with Gasteiger partial charge in [0.15, 0.2) is 0 Å². The third kappa shape index (κ3) is 3.08. The van der Waals surface area contributed by atoms with Crippen molar-refractivity contribution in [3.63, 3.8) is 0 Å². The van der Waals surface area contributed by atoms with Crippen molar-refractivity contribution in [2.24, 2.45) is 7.05 Å². The van der Waals surface area contributed by atoms with Gasteiger partial charge in [-0.1, -0.05) is 6.07 Å². The molecule has 118 valence electrons. The van der Waals surface area contributed by atoms with Crippen molar-refractivity contribution in [2.75, 3.05) is 6.54 Å². The maximum Gasteiger partial charge on any atom is 0.230 e. The number of hydrogen-bond acceptors (Lipinski definition) is 4. The average Bonchev–Trinajstić information content (AvgIpc) is 3.08. The van der Waals surface area contributed by atoms with Crippen molar-refractivity contribution in [3.8, 4) is 0 Å². The first-order valence-electron chi connectivity index (χ1n) is 7.59. The number of rotatable bonds is 4. The van der Waals surface area contributed by atoms with Gasteiger partial charge in [-0.25, -0.2) is 4.98 Å². The average molecular weight is 318 g/mol. The Balaban J connectivity index is 1.83. The Hall–Kier alpha value is -1.66. The zero-order valence-corrected chi connectivity index (χ0v) is 14.1. The van der Waals surface area contributed by atoms with Gasteiger partial charge in [0, 0.05) is 37.6 Å². The molecular formula is C16H22N4OS. The third-order valence-electron chi connectivity index (χ3n) is 3.91. The molecule has 22 heavy (non-hydrogen) atoms. The quantitative estimate of drug-likeness (QED) is 0.939. The second-order valence-electron chi connectivity index (χ2n) is 6.15. The molecule has 0 unspecified atom stereocenters. The van der Waals surface area contributed by atoms with Crippen LogP contribution < -0.4 is 5.32 Å². The second-order valence-corrected chi connectivity index (χ2v) is 7.18. The molecule has 5 nitrogen and oxygen atoms in total. The zero-order valence-electron chi connectivity index (χ0n) is 13.2. The van der Waals surface area contributed by atoms with Gasteiger partial charge >= 0.3 is 0 Å². The summed E-state index contributed by atoms with van der Waals surface area (Å²) in [5.74, 6) is -0.0608. The van der Waals surface area contributed by atoms with Crippen LogP contribution in [-0.2, 0) is 24.9 Å². The lowest BCUT2D eigenvalue weighted by Gasteiger charge is -2.32. The molecule has 0 saturated carbocycles. The fourth-order valence-electron chi connectivity index (χ4n) is 3.01. The Bertz CT molecular complexity index is 647. The normalized spacial score (nSPS) is 18.5. The lowest BCUT2D eigenvalue weighted by molar-refractivity contribution is -0.124. The fraction of sp³-hybridized carbons (Fsp3) is 0.500. The molecule has 0 saturated heterocycles. The summed E-state index contributed by atoms with van der Waals surface area (Å²) in [6.07, 6.45) is 1.81. The number of nitrogens with one attached hydrogen (secondary N) is 1. The van der Waals surface area contributed by atoms with Crippen molar-refractivity contribution in [1.29, 1.82) is 0 Å². The number of imidazole rings is 1. The van der Waals surface area contributed by atoms with Crippen LogP contribution in [0.1, 0.15) is 36.0 Å². The highest BCUT2D eigenvalue weighted by Gasteiger charge is 2.34. The second kappa shape index (κ2) is 6.22. The number of aromatic nitrogens is 2. The van der Waals surface area contributed by atoms with Gasteiger partial charge in [-0.05, 0) is 25.3 Å². The highest BCUT2D eigenvalue weighted by atomic mass is 32.1. The minimum absolute atomic E-state index is 0.0933. The van der Waals surface area contributed by atoms with Gasteiger partial charge in [0.05, 0.1) is 23.6 Å². The molecule has 6 heteroatoms. The van der Waals surface area contributed by atoms with Gasteiger partial charge in [-0.3, -0.25) is 9.69 Å². The molecule has 1 amide bonds. The van der Waals surface area contributed by atoms with Crippen LogP contribution in [0.2, 0.25) is 0 Å². The molecule has 0 spiro atoms. The lowest BCUT2D eigenvalue weighted by Crippen LogP contribution is -2.43. The molecular weight excluding hydrogens is 296 g/mol. The fourth-order valence-corrected chi connectivity index (χ4v) is 3.76. The summed E-state index contributed by atoms with van der Waals surface area (Å²) in [5.41, 5.74) is 2.08. The van der Waals surface area contributed by atoms with Crippen LogP contribution in [0.25, 0.3) is 0 Å². The van der Waals surface area contributed by atoms with Crippen LogP contribution in [0.5, 0.6) is 0 Å². The highest BCUT2D eigenvalue weighted by molar-refractivity contribution is 7.09. The Morgan fingerprint density at radius 1 is 1.55 bits per heavy atom. The molecule has 0 radical (unpaired) electrons. The van der Waals surface area contributed by atoms with E-state index in [1.165, 1.54) is 4.88 Å². The number of carbonyl (C=O) groups is 1. The molecule has 0 aromatic carbocycles. The van der Waals surface area contributed by atoms with Crippen LogP contribution in [0.4, 0.5) is 0 Å². The van der Waals surface area contributed by atoms with Crippen LogP contribution >= 0.6 is 11.3 Å². The summed E-state index contributed by atoms with van der Waals surface area (Å²) < 4.78 is 1.99. The summed E-state index contributed by atoms with van der Waals surface area (Å²) >= 11 is 1.76. The SMILES string of the molecule is CC(C)NC(=O)[C@H]1CN(Cc2cccs2)Cc2ncn(C)c21. The first-order chi connectivity index (χ1) is 10.5. The standard InChI is InChI=1S/C16H22N4OS/c1-11(2)18-16(21)13-8-20(7-12-5-4-6-22-12)9-14-15(13)19(3)10-17-14/h4-6,10-11,13H,7-9H2,1-3H3,(H,18,21)/t13-/m0/s1. The van der Waals surface area contributed by atoms with Crippen molar-refractivity contribution >= 4 is 17.2 Å². The number of fused-ring (bicyclic) bond motifs is 1. The maximum atomic E-state index is 12.6. The van der Waals surface area contributed by atoms with E-state index in [1.807, 2.05) is 31.8 Å². The molecule has 1 N–H and O–H groups in total. The largest absolute Gasteiger partial charge is 0.353 e. The van der Waals surface area contributed by atoms with E-state index >= 15 is 0 Å². The predicted octanol–water partition coefficient (Wildman–Crippen LogP) is 2.11. The van der Waals surface area contributed by atoms with Crippen LogP contribution in [0, 0.1) is 0 Å². The monoisotopic (exact) mass is 318 g/mol. The Kier molecular flexibility index (Phi) is 4.31. The molecule has 2 aromatic heterocycles. The lowest BCUT2D eigenvalue weighted by atomic mass is 9.96. The summed E-state index contributed by atoms with van der Waals surface area (Å²) in [5, 5.41) is 5.14. The van der Waals surface area contributed by atoms with Crippen molar-refractivity contribution in [2.45, 2.75) is 38.9 Å². The van der Waals surface area contributed by atoms with Gasteiger partial charge < -0.3 is 9.88 Å². The van der Waals surface area contributed by atoms with Crippen LogP contribution in [-0.4, -0.2) is 32.9 Å². The van der Waals surface area contributed by atoms with Crippen molar-refractivity contribution < 1.29 is 4.79 Å². The van der Waals surface area contributed by atoms with E-state index in [2.05, 4.69) is 32.7 Å². The number of hydrogen-bond donors (Lipinski definition) is 1. The van der Waals surface area contributed by atoms with Gasteiger partial charge in [0.1, 0.15) is 0 Å². The van der Waals surface area contributed by atoms with Crippen LogP contribution in [0.3, 0.4) is 0 Å². The third-order valence-corrected chi connectivity index (χ3v) is 4.77. The van der Waals surface area contributed by atoms with Gasteiger partial charge in [0.2, 0.25) is 5.91 Å². The van der Waals surface area contributed by atoms with Crippen molar-refractivity contribution in [3.05, 3.63) is 40.1 Å². The van der Waals surface area contributed by atoms with E-state index in [4.69, 9.17) is 0 Å². The molecule has 0 bridgehead atoms. The molecule has 3 heterocycles. The van der Waals surface area contributed by atoms with E-state index in [-0.39, 0.29) is 17.9 Å². The number of thiophene rings is 1. The molecule has 1 atom stereocenters. The molecule has 1 aliphatic rings. The van der Waals surface area contributed by atoms with E-state index in [1.54, 1.807) is 11.3 Å². The molecule has 1 aliphatic heterocycles. The Morgan fingerprint density at radius 2 is 2.36 bits per heavy atom. The van der Waals surface area contributed by atoms with E-state index < -0.39 is 0 Å². The molecule has 3 rings (SSSR count). The Labute approximate surface area is 135 Å². The van der Waals surface area contributed by atoms with Crippen molar-refractivity contribution in [1.82, 2.24) is 19.8 Å². The topological polar surface area (TPSA) is 50.2 Å². The number of amides is 1. The van der Waals surface area contributed by atoms with E-state index in [0.29, 0.717) is 0 Å². The smallest absolute Gasteiger partial charge is 0.230 e. The van der Waals surface area contributed by atoms with Gasteiger partial charge in [0.25, 0.3) is 0 Å². The molecule has 0 aliphatic carbocycles. The summed E-state index contributed by atoms with van der Waals surface area (Å²) in [4.78, 5) is 20.7. The first-order valence-corrected chi connectivity index (χ1v) is 8.47. The number of aryl methyl sites for hydroxylation is 1. The zero-order chi connectivity index (χ0) is 15.7. The van der Waals surface area contributed by atoms with Gasteiger partial charge in [-0.2, -0.15) is 0 Å². The predicted molar refractivity (Wildman–Crippen MR) is 87.7 cm³/mol. The summed E-state index contributed by atoms with van der Waals surface area (Å²) in [7, 11) is 1.97. The highest BCUT2D eigenvalue weighted by Crippen LogP contribution is 2.29. The number of nitrogens with zero attached hydrogens (tertiary/aromatic N) is 3. The van der Waals surface area contributed by atoms with Gasteiger partial charge in [-0.15, -0.1) is 11.3 Å². The number of carbonyl (C=O) groups excluding carboxylic acids is 1. The van der Waals surface area contributed by atoms with E-state index in [0.717, 1.165) is 31.0 Å². The van der Waals surface area contributed by atoms with E-state index in [9.17, 15) is 4.79 Å². The van der Waals surface area contributed by atoms with Crippen LogP contribution in [0.15, 0.2) is 23.8 Å². The minimum Gasteiger partial charge on any atom is -0.353 e. The summed E-state index contributed by atoms with van der Waals surface area (Å²) in [6.45, 7) is 6.41.